The number of aryl methyl sites for hydroxylation is 1. The van der Waals surface area contributed by atoms with Crippen LogP contribution in [0.4, 0.5) is 0 Å². The maximum atomic E-state index is 11.3. The average molecular weight is 241 g/mol. The van der Waals surface area contributed by atoms with Gasteiger partial charge in [0.1, 0.15) is 0 Å². The van der Waals surface area contributed by atoms with E-state index in [-0.39, 0.29) is 18.1 Å². The van der Waals surface area contributed by atoms with Crippen molar-refractivity contribution < 1.29 is 14.3 Å². The molecule has 0 bridgehead atoms. The van der Waals surface area contributed by atoms with Crippen molar-refractivity contribution in [3.63, 3.8) is 0 Å². The number of hydrogen-bond acceptors (Lipinski definition) is 3. The van der Waals surface area contributed by atoms with Gasteiger partial charge in [-0.2, -0.15) is 0 Å². The molecule has 1 aromatic rings. The minimum Gasteiger partial charge on any atom is -0.465 e. The lowest BCUT2D eigenvalue weighted by Gasteiger charge is -2.05. The third kappa shape index (κ3) is 3.35. The molecule has 86 valence electrons. The maximum Gasteiger partial charge on any atom is 0.337 e. The maximum absolute atomic E-state index is 11.3. The fourth-order valence-electron chi connectivity index (χ4n) is 1.48. The van der Waals surface area contributed by atoms with Crippen molar-refractivity contribution in [2.75, 3.05) is 13.0 Å². The van der Waals surface area contributed by atoms with E-state index in [1.165, 1.54) is 7.11 Å². The minimum atomic E-state index is -0.400. The summed E-state index contributed by atoms with van der Waals surface area (Å²) >= 11 is 5.43. The van der Waals surface area contributed by atoms with Gasteiger partial charge in [-0.1, -0.05) is 6.07 Å². The van der Waals surface area contributed by atoms with E-state index in [9.17, 15) is 9.59 Å². The molecule has 1 aromatic carbocycles. The third-order valence-corrected chi connectivity index (χ3v) is 2.41. The van der Waals surface area contributed by atoms with Crippen molar-refractivity contribution in [2.24, 2.45) is 0 Å². The summed E-state index contributed by atoms with van der Waals surface area (Å²) < 4.78 is 4.63. The van der Waals surface area contributed by atoms with Gasteiger partial charge in [0.15, 0.2) is 5.78 Å². The van der Waals surface area contributed by atoms with Gasteiger partial charge in [0.2, 0.25) is 0 Å². The number of hydrogen-bond donors (Lipinski definition) is 0. The first kappa shape index (κ1) is 12.7. The molecule has 1 rings (SSSR count). The van der Waals surface area contributed by atoms with Crippen LogP contribution in [0.25, 0.3) is 0 Å². The first-order valence-electron chi connectivity index (χ1n) is 4.83. The van der Waals surface area contributed by atoms with Crippen molar-refractivity contribution >= 4 is 23.4 Å². The second-order valence-corrected chi connectivity index (χ2v) is 3.82. The molecule has 0 fully saturated rings. The standard InChI is InChI=1S/C12H13ClO3/c1-8-3-9(6-11(14)7-13)5-10(4-8)12(15)16-2/h3-5H,6-7H2,1-2H3. The molecule has 0 aromatic heterocycles. The molecular weight excluding hydrogens is 228 g/mol. The Labute approximate surface area is 99.4 Å². The summed E-state index contributed by atoms with van der Waals surface area (Å²) in [6, 6.07) is 5.24. The highest BCUT2D eigenvalue weighted by molar-refractivity contribution is 6.27. The molecule has 16 heavy (non-hydrogen) atoms. The molecule has 0 heterocycles. The quantitative estimate of drug-likeness (QED) is 0.598. The number of carbonyl (C=O) groups excluding carboxylic acids is 2. The predicted octanol–water partition coefficient (Wildman–Crippen LogP) is 2.13. The largest absolute Gasteiger partial charge is 0.465 e. The number of ether oxygens (including phenoxy) is 1. The van der Waals surface area contributed by atoms with Crippen LogP contribution in [0.3, 0.4) is 0 Å². The third-order valence-electron chi connectivity index (χ3n) is 2.11. The lowest BCUT2D eigenvalue weighted by atomic mass is 10.0. The number of alkyl halides is 1. The van der Waals surface area contributed by atoms with Crippen molar-refractivity contribution in [1.29, 1.82) is 0 Å². The van der Waals surface area contributed by atoms with Gasteiger partial charge in [-0.25, -0.2) is 4.79 Å². The van der Waals surface area contributed by atoms with E-state index in [2.05, 4.69) is 4.74 Å². The van der Waals surface area contributed by atoms with Crippen LogP contribution in [0.15, 0.2) is 18.2 Å². The molecule has 0 aliphatic rings. The van der Waals surface area contributed by atoms with E-state index in [1.54, 1.807) is 12.1 Å². The van der Waals surface area contributed by atoms with E-state index < -0.39 is 5.97 Å². The molecule has 0 aliphatic heterocycles. The zero-order valence-corrected chi connectivity index (χ0v) is 10.0. The van der Waals surface area contributed by atoms with E-state index in [1.807, 2.05) is 13.0 Å². The minimum absolute atomic E-state index is 0.0124. The number of esters is 1. The summed E-state index contributed by atoms with van der Waals surface area (Å²) in [5.74, 6) is -0.479. The van der Waals surface area contributed by atoms with Crippen molar-refractivity contribution in [3.8, 4) is 0 Å². The van der Waals surface area contributed by atoms with Crippen LogP contribution in [-0.4, -0.2) is 24.7 Å². The van der Waals surface area contributed by atoms with Gasteiger partial charge in [0.25, 0.3) is 0 Å². The molecule has 0 spiro atoms. The number of rotatable bonds is 4. The molecule has 3 nitrogen and oxygen atoms in total. The fraction of sp³-hybridized carbons (Fsp3) is 0.333. The van der Waals surface area contributed by atoms with Gasteiger partial charge in [0.05, 0.1) is 18.6 Å². The Hall–Kier alpha value is -1.35. The first-order valence-corrected chi connectivity index (χ1v) is 5.37. The van der Waals surface area contributed by atoms with Crippen LogP contribution in [-0.2, 0) is 16.0 Å². The molecule has 0 saturated carbocycles. The second kappa shape index (κ2) is 5.66. The summed E-state index contributed by atoms with van der Waals surface area (Å²) in [5, 5.41) is 0. The van der Waals surface area contributed by atoms with Crippen LogP contribution in [0.5, 0.6) is 0 Å². The normalized spacial score (nSPS) is 9.94. The number of benzene rings is 1. The summed E-state index contributed by atoms with van der Waals surface area (Å²) in [5.41, 5.74) is 2.16. The van der Waals surface area contributed by atoms with Gasteiger partial charge < -0.3 is 4.74 Å². The zero-order chi connectivity index (χ0) is 12.1. The Morgan fingerprint density at radius 2 is 2.00 bits per heavy atom. The smallest absolute Gasteiger partial charge is 0.337 e. The van der Waals surface area contributed by atoms with Crippen LogP contribution in [0.1, 0.15) is 21.5 Å². The lowest BCUT2D eigenvalue weighted by Crippen LogP contribution is -2.07. The topological polar surface area (TPSA) is 43.4 Å². The molecule has 0 unspecified atom stereocenters. The molecule has 0 saturated heterocycles. The van der Waals surface area contributed by atoms with Crippen LogP contribution in [0, 0.1) is 6.92 Å². The summed E-state index contributed by atoms with van der Waals surface area (Å²) in [6.07, 6.45) is 0.245. The Morgan fingerprint density at radius 1 is 1.31 bits per heavy atom. The second-order valence-electron chi connectivity index (χ2n) is 3.55. The van der Waals surface area contributed by atoms with Gasteiger partial charge in [-0.15, -0.1) is 11.6 Å². The van der Waals surface area contributed by atoms with Gasteiger partial charge in [-0.05, 0) is 30.2 Å². The van der Waals surface area contributed by atoms with Crippen LogP contribution < -0.4 is 0 Å². The lowest BCUT2D eigenvalue weighted by molar-refractivity contribution is -0.116. The zero-order valence-electron chi connectivity index (χ0n) is 9.25. The number of Topliss-reactive ketones (excluding diaryl/α,β-unsaturated/α-hetero) is 1. The van der Waals surface area contributed by atoms with E-state index >= 15 is 0 Å². The predicted molar refractivity (Wildman–Crippen MR) is 61.9 cm³/mol. The van der Waals surface area contributed by atoms with E-state index in [4.69, 9.17) is 11.6 Å². The van der Waals surface area contributed by atoms with Crippen molar-refractivity contribution in [3.05, 3.63) is 34.9 Å². The number of halogens is 1. The Kier molecular flexibility index (Phi) is 4.50. The Bertz CT molecular complexity index is 413. The summed E-state index contributed by atoms with van der Waals surface area (Å²) in [6.45, 7) is 1.86. The van der Waals surface area contributed by atoms with Crippen LogP contribution in [0.2, 0.25) is 0 Å². The highest BCUT2D eigenvalue weighted by Crippen LogP contribution is 2.12. The summed E-state index contributed by atoms with van der Waals surface area (Å²) in [4.78, 5) is 22.5. The summed E-state index contributed by atoms with van der Waals surface area (Å²) in [7, 11) is 1.33. The number of carbonyl (C=O) groups is 2. The average Bonchev–Trinajstić information content (AvgIpc) is 2.27. The molecule has 4 heteroatoms. The molecule has 0 radical (unpaired) electrons. The monoisotopic (exact) mass is 240 g/mol. The number of methoxy groups -OCH3 is 1. The van der Waals surface area contributed by atoms with E-state index in [0.29, 0.717) is 5.56 Å². The Morgan fingerprint density at radius 3 is 2.56 bits per heavy atom. The highest BCUT2D eigenvalue weighted by Gasteiger charge is 2.09. The van der Waals surface area contributed by atoms with Gasteiger partial charge >= 0.3 is 5.97 Å². The Balaban J connectivity index is 2.98. The van der Waals surface area contributed by atoms with Crippen molar-refractivity contribution in [2.45, 2.75) is 13.3 Å². The molecule has 0 aliphatic carbocycles. The highest BCUT2D eigenvalue weighted by atomic mass is 35.5. The molecule has 0 N–H and O–H groups in total. The van der Waals surface area contributed by atoms with Gasteiger partial charge in [0, 0.05) is 6.42 Å². The number of ketones is 1. The molecule has 0 amide bonds. The first-order chi connectivity index (χ1) is 7.56. The van der Waals surface area contributed by atoms with Crippen LogP contribution >= 0.6 is 11.6 Å². The molecular formula is C12H13ClO3. The fourth-order valence-corrected chi connectivity index (χ4v) is 1.57. The molecule has 0 atom stereocenters. The van der Waals surface area contributed by atoms with Gasteiger partial charge in [-0.3, -0.25) is 4.79 Å². The van der Waals surface area contributed by atoms with E-state index in [0.717, 1.165) is 11.1 Å². The van der Waals surface area contributed by atoms with Crippen molar-refractivity contribution in [1.82, 2.24) is 0 Å². The SMILES string of the molecule is COC(=O)c1cc(C)cc(CC(=O)CCl)c1.